The van der Waals surface area contributed by atoms with E-state index >= 15 is 0 Å². The minimum atomic E-state index is -1.02. The molecule has 182 valence electrons. The van der Waals surface area contributed by atoms with Crippen LogP contribution in [0.3, 0.4) is 0 Å². The number of thioether (sulfide) groups is 1. The van der Waals surface area contributed by atoms with Crippen LogP contribution < -0.4 is 5.32 Å². The minimum Gasteiger partial charge on any atom is -0.480 e. The molecule has 2 aliphatic rings. The number of hydrogen-bond donors (Lipinski definition) is 2. The lowest BCUT2D eigenvalue weighted by atomic mass is 10.2. The molecule has 1 saturated carbocycles. The molecule has 33 heavy (non-hydrogen) atoms. The average Bonchev–Trinajstić information content (AvgIpc) is 3.41. The molecule has 11 nitrogen and oxygen atoms in total. The number of fused-ring (bicyclic) bond motifs is 2. The molecule has 0 aromatic carbocycles. The Kier molecular flexibility index (Phi) is 7.37. The molecule has 12 heteroatoms. The van der Waals surface area contributed by atoms with E-state index in [0.717, 1.165) is 31.6 Å². The predicted octanol–water partition coefficient (Wildman–Crippen LogP) is 2.87. The van der Waals surface area contributed by atoms with Crippen LogP contribution in [0.1, 0.15) is 59.4 Å². The summed E-state index contributed by atoms with van der Waals surface area (Å²) in [5.74, 6) is -0.242. The third kappa shape index (κ3) is 5.23. The van der Waals surface area contributed by atoms with Gasteiger partial charge in [-0.3, -0.25) is 0 Å². The molecule has 0 bridgehead atoms. The van der Waals surface area contributed by atoms with Gasteiger partial charge in [-0.1, -0.05) is 37.2 Å². The van der Waals surface area contributed by atoms with Crippen LogP contribution in [-0.4, -0.2) is 79.0 Å². The zero-order valence-corrected chi connectivity index (χ0v) is 20.3. The molecular formula is C21H32N6O5S. The number of nitrogens with one attached hydrogen (secondary N) is 1. The summed E-state index contributed by atoms with van der Waals surface area (Å²) in [6.07, 6.45) is 2.39. The first-order valence-corrected chi connectivity index (χ1v) is 12.5. The van der Waals surface area contributed by atoms with E-state index in [1.165, 1.54) is 0 Å². The maximum Gasteiger partial charge on any atom is 0.329 e. The van der Waals surface area contributed by atoms with Gasteiger partial charge in [0, 0.05) is 18.7 Å². The Hall–Kier alpha value is -2.02. The molecule has 2 fully saturated rings. The normalized spacial score (nSPS) is 26.1. The van der Waals surface area contributed by atoms with E-state index in [2.05, 4.69) is 34.5 Å². The molecule has 2 aromatic heterocycles. The topological polar surface area (TPSA) is 134 Å². The quantitative estimate of drug-likeness (QED) is 0.279. The van der Waals surface area contributed by atoms with Gasteiger partial charge in [-0.2, -0.15) is 0 Å². The van der Waals surface area contributed by atoms with Crippen LogP contribution in [0.2, 0.25) is 0 Å². The highest BCUT2D eigenvalue weighted by Crippen LogP contribution is 2.45. The van der Waals surface area contributed by atoms with E-state index in [1.807, 2.05) is 13.8 Å². The van der Waals surface area contributed by atoms with E-state index in [9.17, 15) is 4.79 Å². The van der Waals surface area contributed by atoms with Crippen molar-refractivity contribution in [2.75, 3.05) is 24.2 Å². The van der Waals surface area contributed by atoms with Gasteiger partial charge in [0.15, 0.2) is 27.9 Å². The fourth-order valence-corrected chi connectivity index (χ4v) is 4.98. The van der Waals surface area contributed by atoms with Crippen LogP contribution in [-0.2, 0) is 19.0 Å². The molecule has 1 aliphatic carbocycles. The third-order valence-electron chi connectivity index (χ3n) is 5.68. The molecule has 2 N–H and O–H groups in total. The second kappa shape index (κ2) is 10.1. The van der Waals surface area contributed by atoms with Crippen molar-refractivity contribution in [1.29, 1.82) is 0 Å². The lowest BCUT2D eigenvalue weighted by Crippen LogP contribution is -2.32. The van der Waals surface area contributed by atoms with Crippen molar-refractivity contribution in [3.63, 3.8) is 0 Å². The van der Waals surface area contributed by atoms with Gasteiger partial charge in [0.1, 0.15) is 18.8 Å². The Morgan fingerprint density at radius 3 is 2.79 bits per heavy atom. The summed E-state index contributed by atoms with van der Waals surface area (Å²) in [4.78, 5) is 20.5. The van der Waals surface area contributed by atoms with Crippen molar-refractivity contribution >= 4 is 34.7 Å². The first-order chi connectivity index (χ1) is 15.8. The summed E-state index contributed by atoms with van der Waals surface area (Å²) in [6, 6.07) is -0.261. The number of hydrogen-bond acceptors (Lipinski definition) is 10. The van der Waals surface area contributed by atoms with Gasteiger partial charge in [0.25, 0.3) is 0 Å². The van der Waals surface area contributed by atoms with Gasteiger partial charge >= 0.3 is 5.97 Å². The maximum atomic E-state index is 11.1. The number of carbonyl (C=O) groups is 1. The second-order valence-corrected chi connectivity index (χ2v) is 9.86. The summed E-state index contributed by atoms with van der Waals surface area (Å²) < 4.78 is 19.7. The molecule has 0 amide bonds. The van der Waals surface area contributed by atoms with Crippen LogP contribution in [0.4, 0.5) is 5.82 Å². The zero-order valence-electron chi connectivity index (χ0n) is 19.5. The Balaban J connectivity index is 1.68. The van der Waals surface area contributed by atoms with Crippen LogP contribution >= 0.6 is 11.8 Å². The summed E-state index contributed by atoms with van der Waals surface area (Å²) in [6.45, 7) is 8.33. The molecule has 4 atom stereocenters. The fraction of sp³-hybridized carbons (Fsp3) is 0.762. The van der Waals surface area contributed by atoms with E-state index < -0.39 is 30.6 Å². The number of ether oxygens (including phenoxy) is 3. The molecule has 4 rings (SSSR count). The first-order valence-electron chi connectivity index (χ1n) is 11.5. The Morgan fingerprint density at radius 1 is 1.27 bits per heavy atom. The smallest absolute Gasteiger partial charge is 0.329 e. The van der Waals surface area contributed by atoms with Gasteiger partial charge in [0.05, 0.1) is 12.1 Å². The van der Waals surface area contributed by atoms with E-state index in [0.29, 0.717) is 28.6 Å². The molecule has 1 saturated heterocycles. The van der Waals surface area contributed by atoms with Crippen LogP contribution in [0.15, 0.2) is 5.16 Å². The number of aliphatic carboxylic acids is 1. The fourth-order valence-electron chi connectivity index (χ4n) is 4.29. The molecule has 0 spiro atoms. The number of rotatable bonds is 11. The minimum absolute atomic E-state index is 0.261. The number of unbranched alkanes of at least 4 members (excludes halogenated alkanes) is 1. The number of anilines is 1. The number of aromatic nitrogens is 5. The van der Waals surface area contributed by atoms with Crippen molar-refractivity contribution in [3.8, 4) is 0 Å². The summed E-state index contributed by atoms with van der Waals surface area (Å²) in [7, 11) is 0. The lowest BCUT2D eigenvalue weighted by Gasteiger charge is -2.23. The largest absolute Gasteiger partial charge is 0.480 e. The third-order valence-corrected chi connectivity index (χ3v) is 6.73. The van der Waals surface area contributed by atoms with Gasteiger partial charge < -0.3 is 24.6 Å². The van der Waals surface area contributed by atoms with Gasteiger partial charge in [-0.05, 0) is 26.7 Å². The van der Waals surface area contributed by atoms with Crippen molar-refractivity contribution < 1.29 is 24.1 Å². The highest BCUT2D eigenvalue weighted by atomic mass is 32.2. The lowest BCUT2D eigenvalue weighted by molar-refractivity contribution is -0.173. The first kappa shape index (κ1) is 24.1. The SMILES string of the molecule is CCCCNc1nc(SCCC)nc2c1nnn2[C@H]1C[C@@H](OCC(=O)O)[C@@H]2OC(C)(C)O[C@@H]21. The van der Waals surface area contributed by atoms with Gasteiger partial charge in [-0.15, -0.1) is 5.10 Å². The van der Waals surface area contributed by atoms with E-state index in [-0.39, 0.29) is 12.1 Å². The average molecular weight is 481 g/mol. The Labute approximate surface area is 197 Å². The molecular weight excluding hydrogens is 448 g/mol. The summed E-state index contributed by atoms with van der Waals surface area (Å²) >= 11 is 1.60. The van der Waals surface area contributed by atoms with Crippen molar-refractivity contribution in [2.24, 2.45) is 0 Å². The monoisotopic (exact) mass is 480 g/mol. The van der Waals surface area contributed by atoms with Gasteiger partial charge in [-0.25, -0.2) is 19.4 Å². The maximum absolute atomic E-state index is 11.1. The summed E-state index contributed by atoms with van der Waals surface area (Å²) in [5, 5.41) is 22.0. The molecule has 0 unspecified atom stereocenters. The number of carboxylic acid groups (broad SMARTS) is 1. The van der Waals surface area contributed by atoms with E-state index in [1.54, 1.807) is 16.4 Å². The van der Waals surface area contributed by atoms with Gasteiger partial charge in [0.2, 0.25) is 0 Å². The summed E-state index contributed by atoms with van der Waals surface area (Å²) in [5.41, 5.74) is 1.23. The number of nitrogens with zero attached hydrogens (tertiary/aromatic N) is 5. The highest BCUT2D eigenvalue weighted by molar-refractivity contribution is 7.99. The van der Waals surface area contributed by atoms with Crippen molar-refractivity contribution in [3.05, 3.63) is 0 Å². The second-order valence-electron chi connectivity index (χ2n) is 8.80. The number of carboxylic acids is 1. The molecule has 0 radical (unpaired) electrons. The molecule has 2 aromatic rings. The Morgan fingerprint density at radius 2 is 2.06 bits per heavy atom. The predicted molar refractivity (Wildman–Crippen MR) is 122 cm³/mol. The standard InChI is InChI=1S/C21H32N6O5S/c1-5-7-8-22-18-15-19(24-20(23-18)33-9-6-2)27(26-25-15)12-10-13(30-11-14(28)29)17-16(12)31-21(3,4)32-17/h12-13,16-17H,5-11H2,1-4H3,(H,28,29)(H,22,23,24)/t12-,13+,16+,17-/m0/s1. The van der Waals surface area contributed by atoms with Crippen molar-refractivity contribution in [2.45, 2.75) is 88.7 Å². The molecule has 1 aliphatic heterocycles. The highest BCUT2D eigenvalue weighted by Gasteiger charge is 2.56. The Bertz CT molecular complexity index is 985. The van der Waals surface area contributed by atoms with E-state index in [4.69, 9.17) is 24.3 Å². The van der Waals surface area contributed by atoms with Crippen LogP contribution in [0.25, 0.3) is 11.2 Å². The zero-order chi connectivity index (χ0) is 23.6. The van der Waals surface area contributed by atoms with Crippen LogP contribution in [0, 0.1) is 0 Å². The van der Waals surface area contributed by atoms with Crippen LogP contribution in [0.5, 0.6) is 0 Å². The van der Waals surface area contributed by atoms with Crippen molar-refractivity contribution in [1.82, 2.24) is 25.0 Å². The molecule has 3 heterocycles.